The smallest absolute Gasteiger partial charge is 0.283 e. The highest BCUT2D eigenvalue weighted by molar-refractivity contribution is 6.34. The lowest BCUT2D eigenvalue weighted by Gasteiger charge is -2.37. The van der Waals surface area contributed by atoms with Crippen molar-refractivity contribution in [1.29, 1.82) is 0 Å². The molecule has 132 valence electrons. The minimum Gasteiger partial charge on any atom is -0.336 e. The molecule has 1 N–H and O–H groups in total. The average molecular weight is 375 g/mol. The number of nitro groups is 1. The SMILES string of the molecule is Cl.O=C(c1c(Cl)cccc1[N+](=O)[O-])N1CCN(C2CCNC2)CC1. The van der Waals surface area contributed by atoms with Crippen LogP contribution in [0.15, 0.2) is 18.2 Å². The van der Waals surface area contributed by atoms with Crippen LogP contribution in [-0.4, -0.2) is 65.9 Å². The van der Waals surface area contributed by atoms with Crippen LogP contribution in [0.2, 0.25) is 5.02 Å². The molecule has 0 radical (unpaired) electrons. The number of nitrogens with zero attached hydrogens (tertiary/aromatic N) is 3. The highest BCUT2D eigenvalue weighted by Crippen LogP contribution is 2.28. The molecular formula is C15H20Cl2N4O3. The van der Waals surface area contributed by atoms with Crippen LogP contribution in [0.25, 0.3) is 0 Å². The van der Waals surface area contributed by atoms with Gasteiger partial charge in [0.2, 0.25) is 0 Å². The van der Waals surface area contributed by atoms with Gasteiger partial charge in [0.1, 0.15) is 5.56 Å². The number of carbonyl (C=O) groups is 1. The summed E-state index contributed by atoms with van der Waals surface area (Å²) in [5.74, 6) is -0.355. The van der Waals surface area contributed by atoms with E-state index < -0.39 is 4.92 Å². The molecule has 0 aliphatic carbocycles. The van der Waals surface area contributed by atoms with Gasteiger partial charge < -0.3 is 10.2 Å². The molecule has 7 nitrogen and oxygen atoms in total. The number of rotatable bonds is 3. The Bertz CT molecular complexity index is 615. The van der Waals surface area contributed by atoms with Gasteiger partial charge in [-0.3, -0.25) is 19.8 Å². The number of piperazine rings is 1. The van der Waals surface area contributed by atoms with E-state index in [0.717, 1.165) is 32.6 Å². The molecule has 0 bridgehead atoms. The summed E-state index contributed by atoms with van der Waals surface area (Å²) in [6, 6.07) is 4.85. The van der Waals surface area contributed by atoms with E-state index in [1.54, 1.807) is 4.90 Å². The third-order valence-electron chi connectivity index (χ3n) is 4.55. The monoisotopic (exact) mass is 374 g/mol. The van der Waals surface area contributed by atoms with Crippen molar-refractivity contribution < 1.29 is 9.72 Å². The molecule has 3 rings (SSSR count). The van der Waals surface area contributed by atoms with Crippen molar-refractivity contribution in [2.24, 2.45) is 0 Å². The summed E-state index contributed by atoms with van der Waals surface area (Å²) < 4.78 is 0. The van der Waals surface area contributed by atoms with Gasteiger partial charge in [0.15, 0.2) is 0 Å². The standard InChI is InChI=1S/C15H19ClN4O3.ClH/c16-12-2-1-3-13(20(22)23)14(12)15(21)19-8-6-18(7-9-19)11-4-5-17-10-11;/h1-3,11,17H,4-10H2;1H. The number of halogens is 2. The number of nitro benzene ring substituents is 1. The van der Waals surface area contributed by atoms with E-state index >= 15 is 0 Å². The topological polar surface area (TPSA) is 78.7 Å². The van der Waals surface area contributed by atoms with Gasteiger partial charge in [0, 0.05) is 44.8 Å². The largest absolute Gasteiger partial charge is 0.336 e. The van der Waals surface area contributed by atoms with Crippen LogP contribution < -0.4 is 5.32 Å². The second kappa shape index (κ2) is 8.11. The van der Waals surface area contributed by atoms with E-state index in [2.05, 4.69) is 10.2 Å². The summed E-state index contributed by atoms with van der Waals surface area (Å²) >= 11 is 6.05. The molecule has 2 aliphatic heterocycles. The molecule has 1 aromatic carbocycles. The first kappa shape index (κ1) is 18.9. The highest BCUT2D eigenvalue weighted by Gasteiger charge is 2.31. The van der Waals surface area contributed by atoms with Gasteiger partial charge in [-0.05, 0) is 19.0 Å². The Morgan fingerprint density at radius 2 is 2.00 bits per heavy atom. The quantitative estimate of drug-likeness (QED) is 0.644. The van der Waals surface area contributed by atoms with Gasteiger partial charge in [0.25, 0.3) is 11.6 Å². The zero-order valence-electron chi connectivity index (χ0n) is 13.1. The van der Waals surface area contributed by atoms with Crippen molar-refractivity contribution in [2.45, 2.75) is 12.5 Å². The van der Waals surface area contributed by atoms with Crippen molar-refractivity contribution in [3.05, 3.63) is 38.9 Å². The van der Waals surface area contributed by atoms with Crippen LogP contribution >= 0.6 is 24.0 Å². The molecule has 1 amide bonds. The molecule has 2 heterocycles. The van der Waals surface area contributed by atoms with Gasteiger partial charge in [-0.1, -0.05) is 17.7 Å². The molecule has 1 aromatic rings. The maximum Gasteiger partial charge on any atom is 0.283 e. The Balaban J connectivity index is 0.00000208. The van der Waals surface area contributed by atoms with Crippen molar-refractivity contribution >= 4 is 35.6 Å². The first-order valence-electron chi connectivity index (χ1n) is 7.75. The Kier molecular flexibility index (Phi) is 6.40. The molecule has 1 unspecified atom stereocenters. The molecule has 2 fully saturated rings. The first-order valence-corrected chi connectivity index (χ1v) is 8.12. The predicted octanol–water partition coefficient (Wildman–Crippen LogP) is 1.79. The maximum atomic E-state index is 12.7. The van der Waals surface area contributed by atoms with Gasteiger partial charge in [-0.15, -0.1) is 12.4 Å². The van der Waals surface area contributed by atoms with Gasteiger partial charge >= 0.3 is 0 Å². The summed E-state index contributed by atoms with van der Waals surface area (Å²) in [4.78, 5) is 27.3. The lowest BCUT2D eigenvalue weighted by Crippen LogP contribution is -2.52. The lowest BCUT2D eigenvalue weighted by atomic mass is 10.1. The zero-order chi connectivity index (χ0) is 16.4. The summed E-state index contributed by atoms with van der Waals surface area (Å²) in [5.41, 5.74) is -0.236. The van der Waals surface area contributed by atoms with Crippen LogP contribution in [-0.2, 0) is 0 Å². The Morgan fingerprint density at radius 1 is 1.29 bits per heavy atom. The van der Waals surface area contributed by atoms with Crippen molar-refractivity contribution in [3.8, 4) is 0 Å². The van der Waals surface area contributed by atoms with E-state index in [1.165, 1.54) is 18.2 Å². The fourth-order valence-corrected chi connectivity index (χ4v) is 3.53. The lowest BCUT2D eigenvalue weighted by molar-refractivity contribution is -0.385. The Hall–Kier alpha value is -1.41. The van der Waals surface area contributed by atoms with E-state index in [4.69, 9.17) is 11.6 Å². The fourth-order valence-electron chi connectivity index (χ4n) is 3.28. The van der Waals surface area contributed by atoms with Crippen molar-refractivity contribution in [2.75, 3.05) is 39.3 Å². The second-order valence-corrected chi connectivity index (χ2v) is 6.27. The van der Waals surface area contributed by atoms with Gasteiger partial charge in [-0.25, -0.2) is 0 Å². The Labute approximate surface area is 151 Å². The first-order chi connectivity index (χ1) is 11.1. The molecule has 2 saturated heterocycles. The number of carbonyl (C=O) groups excluding carboxylic acids is 1. The number of amides is 1. The third kappa shape index (κ3) is 3.80. The molecule has 0 spiro atoms. The molecule has 24 heavy (non-hydrogen) atoms. The third-order valence-corrected chi connectivity index (χ3v) is 4.87. The molecular weight excluding hydrogens is 355 g/mol. The summed E-state index contributed by atoms with van der Waals surface area (Å²) in [6.07, 6.45) is 1.13. The van der Waals surface area contributed by atoms with Gasteiger partial charge in [0.05, 0.1) is 9.95 Å². The van der Waals surface area contributed by atoms with Crippen molar-refractivity contribution in [1.82, 2.24) is 15.1 Å². The normalized spacial score (nSPS) is 21.4. The molecule has 2 aliphatic rings. The summed E-state index contributed by atoms with van der Waals surface area (Å²) in [7, 11) is 0. The van der Waals surface area contributed by atoms with E-state index in [-0.39, 0.29) is 34.6 Å². The minimum absolute atomic E-state index is 0. The highest BCUT2D eigenvalue weighted by atomic mass is 35.5. The zero-order valence-corrected chi connectivity index (χ0v) is 14.7. The molecule has 9 heteroatoms. The maximum absolute atomic E-state index is 12.7. The van der Waals surface area contributed by atoms with Crippen LogP contribution in [0.4, 0.5) is 5.69 Å². The summed E-state index contributed by atoms with van der Waals surface area (Å²) in [6.45, 7) is 4.74. The number of hydrogen-bond acceptors (Lipinski definition) is 5. The number of benzene rings is 1. The van der Waals surface area contributed by atoms with Crippen LogP contribution in [0.3, 0.4) is 0 Å². The van der Waals surface area contributed by atoms with Gasteiger partial charge in [-0.2, -0.15) is 0 Å². The predicted molar refractivity (Wildman–Crippen MR) is 94.1 cm³/mol. The fraction of sp³-hybridized carbons (Fsp3) is 0.533. The van der Waals surface area contributed by atoms with Crippen molar-refractivity contribution in [3.63, 3.8) is 0 Å². The second-order valence-electron chi connectivity index (χ2n) is 5.87. The Morgan fingerprint density at radius 3 is 2.58 bits per heavy atom. The van der Waals surface area contributed by atoms with E-state index in [9.17, 15) is 14.9 Å². The molecule has 1 atom stereocenters. The molecule has 0 saturated carbocycles. The average Bonchev–Trinajstić information content (AvgIpc) is 3.08. The van der Waals surface area contributed by atoms with E-state index in [1.807, 2.05) is 0 Å². The van der Waals surface area contributed by atoms with E-state index in [0.29, 0.717) is 19.1 Å². The summed E-state index contributed by atoms with van der Waals surface area (Å²) in [5, 5.41) is 14.6. The number of nitrogens with one attached hydrogen (secondary N) is 1. The van der Waals surface area contributed by atoms with Crippen LogP contribution in [0, 0.1) is 10.1 Å². The number of hydrogen-bond donors (Lipinski definition) is 1. The minimum atomic E-state index is -0.556. The molecule has 0 aromatic heterocycles. The van der Waals surface area contributed by atoms with Crippen LogP contribution in [0.1, 0.15) is 16.8 Å². The van der Waals surface area contributed by atoms with Crippen LogP contribution in [0.5, 0.6) is 0 Å².